The highest BCUT2D eigenvalue weighted by atomic mass is 16.5. The molecule has 1 aliphatic heterocycles. The minimum absolute atomic E-state index is 0.0599. The summed E-state index contributed by atoms with van der Waals surface area (Å²) in [5.41, 5.74) is 2.91. The lowest BCUT2D eigenvalue weighted by Gasteiger charge is -2.28. The number of pyridine rings is 1. The molecule has 106 valence electrons. The predicted molar refractivity (Wildman–Crippen MR) is 81.3 cm³/mol. The maximum atomic E-state index is 12.2. The average molecular weight is 272 g/mol. The van der Waals surface area contributed by atoms with Gasteiger partial charge in [0.2, 0.25) is 0 Å². The van der Waals surface area contributed by atoms with Crippen molar-refractivity contribution in [2.75, 3.05) is 25.1 Å². The smallest absolute Gasteiger partial charge is 0.189 e. The fraction of sp³-hybridized carbons (Fsp3) is 0.438. The molecule has 20 heavy (non-hydrogen) atoms. The number of rotatable bonds is 3. The van der Waals surface area contributed by atoms with Gasteiger partial charge >= 0.3 is 0 Å². The van der Waals surface area contributed by atoms with Crippen molar-refractivity contribution in [1.29, 1.82) is 0 Å². The fourth-order valence-electron chi connectivity index (χ4n) is 2.87. The molecule has 1 aliphatic rings. The zero-order valence-corrected chi connectivity index (χ0v) is 11.8. The molecule has 1 fully saturated rings. The summed E-state index contributed by atoms with van der Waals surface area (Å²) in [7, 11) is 1.63. The van der Waals surface area contributed by atoms with E-state index < -0.39 is 0 Å². The molecule has 3 rings (SSSR count). The van der Waals surface area contributed by atoms with Crippen LogP contribution < -0.4 is 10.3 Å². The van der Waals surface area contributed by atoms with Gasteiger partial charge < -0.3 is 14.6 Å². The number of aromatic amines is 1. The van der Waals surface area contributed by atoms with Gasteiger partial charge in [0.05, 0.1) is 6.61 Å². The number of hydrogen-bond acceptors (Lipinski definition) is 3. The van der Waals surface area contributed by atoms with Gasteiger partial charge in [0, 0.05) is 48.5 Å². The topological polar surface area (TPSA) is 45.3 Å². The summed E-state index contributed by atoms with van der Waals surface area (Å²) in [4.78, 5) is 17.8. The number of benzene rings is 1. The number of ether oxygens (including phenoxy) is 1. The average Bonchev–Trinajstić information content (AvgIpc) is 2.48. The molecule has 2 aromatic rings. The first-order chi connectivity index (χ1) is 9.78. The Labute approximate surface area is 118 Å². The standard InChI is InChI=1S/C16H20N2O2/c1-20-11-12-9-16(19)14-10-13(5-6-15(14)17-12)18-7-3-2-4-8-18/h5-6,9-10H,2-4,7-8,11H2,1H3,(H,17,19). The molecule has 0 saturated carbocycles. The Hall–Kier alpha value is -1.81. The van der Waals surface area contributed by atoms with Gasteiger partial charge in [-0.15, -0.1) is 0 Å². The number of fused-ring (bicyclic) bond motifs is 1. The number of aromatic nitrogens is 1. The Morgan fingerprint density at radius 3 is 2.75 bits per heavy atom. The Bertz CT molecular complexity index is 657. The zero-order valence-electron chi connectivity index (χ0n) is 11.8. The third kappa shape index (κ3) is 2.56. The zero-order chi connectivity index (χ0) is 13.9. The van der Waals surface area contributed by atoms with E-state index in [9.17, 15) is 4.79 Å². The van der Waals surface area contributed by atoms with E-state index >= 15 is 0 Å². The molecule has 0 amide bonds. The van der Waals surface area contributed by atoms with Gasteiger partial charge in [-0.3, -0.25) is 4.79 Å². The van der Waals surface area contributed by atoms with Crippen molar-refractivity contribution < 1.29 is 4.74 Å². The Morgan fingerprint density at radius 1 is 1.20 bits per heavy atom. The molecule has 1 saturated heterocycles. The van der Waals surface area contributed by atoms with Crippen LogP contribution in [0.2, 0.25) is 0 Å². The summed E-state index contributed by atoms with van der Waals surface area (Å²) >= 11 is 0. The molecule has 1 N–H and O–H groups in total. The quantitative estimate of drug-likeness (QED) is 0.934. The van der Waals surface area contributed by atoms with Crippen molar-refractivity contribution in [1.82, 2.24) is 4.98 Å². The molecular formula is C16H20N2O2. The van der Waals surface area contributed by atoms with Crippen molar-refractivity contribution in [3.63, 3.8) is 0 Å². The lowest BCUT2D eigenvalue weighted by molar-refractivity contribution is 0.181. The van der Waals surface area contributed by atoms with Crippen molar-refractivity contribution >= 4 is 16.6 Å². The molecule has 1 aromatic carbocycles. The van der Waals surface area contributed by atoms with Crippen LogP contribution in [-0.2, 0) is 11.3 Å². The molecule has 4 nitrogen and oxygen atoms in total. The van der Waals surface area contributed by atoms with Crippen LogP contribution in [0.4, 0.5) is 5.69 Å². The van der Waals surface area contributed by atoms with E-state index in [4.69, 9.17) is 4.74 Å². The van der Waals surface area contributed by atoms with Crippen LogP contribution in [0.15, 0.2) is 29.1 Å². The van der Waals surface area contributed by atoms with Crippen molar-refractivity contribution in [2.45, 2.75) is 25.9 Å². The molecule has 0 aliphatic carbocycles. The number of anilines is 1. The highest BCUT2D eigenvalue weighted by Crippen LogP contribution is 2.22. The monoisotopic (exact) mass is 272 g/mol. The van der Waals surface area contributed by atoms with Crippen LogP contribution in [0.1, 0.15) is 25.0 Å². The minimum atomic E-state index is 0.0599. The minimum Gasteiger partial charge on any atom is -0.378 e. The summed E-state index contributed by atoms with van der Waals surface area (Å²) in [5, 5.41) is 0.757. The number of hydrogen-bond donors (Lipinski definition) is 1. The Morgan fingerprint density at radius 2 is 2.00 bits per heavy atom. The number of nitrogens with one attached hydrogen (secondary N) is 1. The van der Waals surface area contributed by atoms with E-state index in [0.717, 1.165) is 35.4 Å². The van der Waals surface area contributed by atoms with Gasteiger partial charge in [-0.1, -0.05) is 0 Å². The van der Waals surface area contributed by atoms with Gasteiger partial charge in [-0.25, -0.2) is 0 Å². The molecule has 0 bridgehead atoms. The van der Waals surface area contributed by atoms with Crippen molar-refractivity contribution in [3.05, 3.63) is 40.2 Å². The summed E-state index contributed by atoms with van der Waals surface area (Å²) < 4.78 is 5.07. The van der Waals surface area contributed by atoms with E-state index in [-0.39, 0.29) is 5.43 Å². The first-order valence-electron chi connectivity index (χ1n) is 7.18. The maximum Gasteiger partial charge on any atom is 0.189 e. The maximum absolute atomic E-state index is 12.2. The van der Waals surface area contributed by atoms with Gasteiger partial charge in [0.15, 0.2) is 5.43 Å². The van der Waals surface area contributed by atoms with E-state index in [2.05, 4.69) is 16.0 Å². The summed E-state index contributed by atoms with van der Waals surface area (Å²) in [6.07, 6.45) is 3.79. The van der Waals surface area contributed by atoms with E-state index in [1.807, 2.05) is 12.1 Å². The van der Waals surface area contributed by atoms with Crippen LogP contribution >= 0.6 is 0 Å². The summed E-state index contributed by atoms with van der Waals surface area (Å²) in [6, 6.07) is 7.74. The summed E-state index contributed by atoms with van der Waals surface area (Å²) in [6.45, 7) is 2.61. The molecule has 0 atom stereocenters. The van der Waals surface area contributed by atoms with Crippen molar-refractivity contribution in [2.24, 2.45) is 0 Å². The number of piperidine rings is 1. The van der Waals surface area contributed by atoms with E-state index in [1.165, 1.54) is 19.3 Å². The molecule has 0 spiro atoms. The third-order valence-electron chi connectivity index (χ3n) is 3.89. The van der Waals surface area contributed by atoms with Crippen molar-refractivity contribution in [3.8, 4) is 0 Å². The Balaban J connectivity index is 2.00. The van der Waals surface area contributed by atoms with Crippen LogP contribution in [0.3, 0.4) is 0 Å². The molecule has 0 radical (unpaired) electrons. The van der Waals surface area contributed by atoms with Crippen LogP contribution in [0, 0.1) is 0 Å². The number of methoxy groups -OCH3 is 1. The SMILES string of the molecule is COCc1cc(=O)c2cc(N3CCCCC3)ccc2[nH]1. The molecule has 1 aromatic heterocycles. The molecule has 0 unspecified atom stereocenters. The second-order valence-corrected chi connectivity index (χ2v) is 5.37. The molecular weight excluding hydrogens is 252 g/mol. The van der Waals surface area contributed by atoms with E-state index in [1.54, 1.807) is 13.2 Å². The van der Waals surface area contributed by atoms with Gasteiger partial charge in [0.25, 0.3) is 0 Å². The highest BCUT2D eigenvalue weighted by molar-refractivity contribution is 5.82. The second-order valence-electron chi connectivity index (χ2n) is 5.37. The van der Waals surface area contributed by atoms with Crippen LogP contribution in [0.25, 0.3) is 10.9 Å². The number of nitrogens with zero attached hydrogens (tertiary/aromatic N) is 1. The highest BCUT2D eigenvalue weighted by Gasteiger charge is 2.12. The second kappa shape index (κ2) is 5.67. The van der Waals surface area contributed by atoms with Gasteiger partial charge in [0.1, 0.15) is 0 Å². The van der Waals surface area contributed by atoms with Crippen LogP contribution in [0.5, 0.6) is 0 Å². The fourth-order valence-corrected chi connectivity index (χ4v) is 2.87. The van der Waals surface area contributed by atoms with E-state index in [0.29, 0.717) is 6.61 Å². The lowest BCUT2D eigenvalue weighted by Crippen LogP contribution is -2.29. The van der Waals surface area contributed by atoms with Gasteiger partial charge in [-0.2, -0.15) is 0 Å². The Kier molecular flexibility index (Phi) is 3.74. The first kappa shape index (κ1) is 13.2. The third-order valence-corrected chi connectivity index (χ3v) is 3.89. The van der Waals surface area contributed by atoms with Gasteiger partial charge in [-0.05, 0) is 37.5 Å². The molecule has 2 heterocycles. The lowest BCUT2D eigenvalue weighted by atomic mass is 10.1. The van der Waals surface area contributed by atoms with Crippen LogP contribution in [-0.4, -0.2) is 25.2 Å². The predicted octanol–water partition coefficient (Wildman–Crippen LogP) is 2.66. The largest absolute Gasteiger partial charge is 0.378 e. The number of H-pyrrole nitrogens is 1. The first-order valence-corrected chi connectivity index (χ1v) is 7.18. The normalized spacial score (nSPS) is 15.8. The molecule has 4 heteroatoms. The summed E-state index contributed by atoms with van der Waals surface area (Å²) in [5.74, 6) is 0.